The number of H-pyrrole nitrogens is 1. The van der Waals surface area contributed by atoms with E-state index in [0.29, 0.717) is 11.5 Å². The molecular weight excluding hydrogens is 350 g/mol. The van der Waals surface area contributed by atoms with E-state index in [2.05, 4.69) is 50.0 Å². The van der Waals surface area contributed by atoms with Crippen LogP contribution in [-0.2, 0) is 6.42 Å². The number of hydrogen-bond acceptors (Lipinski definition) is 4. The molecule has 6 heteroatoms. The number of aromatic amines is 1. The van der Waals surface area contributed by atoms with Crippen molar-refractivity contribution in [2.45, 2.75) is 51.0 Å². The molecule has 0 aliphatic heterocycles. The number of aromatic nitrogens is 3. The highest BCUT2D eigenvalue weighted by molar-refractivity contribution is 5.92. The molecular formula is C22H27N5O. The molecule has 0 unspecified atom stereocenters. The largest absolute Gasteiger partial charge is 0.368 e. The number of hydrogen-bond donors (Lipinski definition) is 3. The van der Waals surface area contributed by atoms with Gasteiger partial charge in [0.05, 0.1) is 12.4 Å². The van der Waals surface area contributed by atoms with Crippen molar-refractivity contribution >= 4 is 22.6 Å². The molecule has 2 aromatic heterocycles. The van der Waals surface area contributed by atoms with Crippen molar-refractivity contribution in [3.8, 4) is 0 Å². The summed E-state index contributed by atoms with van der Waals surface area (Å²) >= 11 is 0. The second kappa shape index (κ2) is 8.87. The van der Waals surface area contributed by atoms with Crippen molar-refractivity contribution < 1.29 is 4.79 Å². The molecule has 0 radical (unpaired) electrons. The molecule has 6 nitrogen and oxygen atoms in total. The van der Waals surface area contributed by atoms with Gasteiger partial charge in [0.15, 0.2) is 0 Å². The summed E-state index contributed by atoms with van der Waals surface area (Å²) in [5.74, 6) is 0.565. The maximum Gasteiger partial charge on any atom is 0.271 e. The minimum Gasteiger partial charge on any atom is -0.368 e. The average Bonchev–Trinajstić information content (AvgIpc) is 2.96. The summed E-state index contributed by atoms with van der Waals surface area (Å²) in [6, 6.07) is 8.56. The summed E-state index contributed by atoms with van der Waals surface area (Å²) in [6.07, 6.45) is 13.2. The zero-order valence-corrected chi connectivity index (χ0v) is 16.1. The Morgan fingerprint density at radius 2 is 1.89 bits per heavy atom. The number of rotatable bonds is 6. The molecule has 1 aliphatic rings. The van der Waals surface area contributed by atoms with E-state index in [1.54, 1.807) is 12.4 Å². The summed E-state index contributed by atoms with van der Waals surface area (Å²) in [5.41, 5.74) is 2.81. The predicted octanol–water partition coefficient (Wildman–Crippen LogP) is 4.07. The van der Waals surface area contributed by atoms with E-state index in [1.807, 2.05) is 6.07 Å². The molecule has 0 bridgehead atoms. The lowest BCUT2D eigenvalue weighted by Gasteiger charge is -2.15. The highest BCUT2D eigenvalue weighted by Gasteiger charge is 2.16. The lowest BCUT2D eigenvalue weighted by Crippen LogP contribution is -2.34. The van der Waals surface area contributed by atoms with Crippen molar-refractivity contribution in [1.82, 2.24) is 20.3 Å². The first kappa shape index (κ1) is 18.5. The lowest BCUT2D eigenvalue weighted by molar-refractivity contribution is 0.0928. The first-order valence-corrected chi connectivity index (χ1v) is 10.2. The van der Waals surface area contributed by atoms with Crippen molar-refractivity contribution in [2.24, 2.45) is 0 Å². The van der Waals surface area contributed by atoms with Gasteiger partial charge < -0.3 is 15.6 Å². The fourth-order valence-corrected chi connectivity index (χ4v) is 3.88. The summed E-state index contributed by atoms with van der Waals surface area (Å²) in [6.45, 7) is 0.754. The number of para-hydroxylation sites is 1. The van der Waals surface area contributed by atoms with Crippen molar-refractivity contribution in [1.29, 1.82) is 0 Å². The standard InChI is InChI=1S/C22H27N5O/c28-22(27-17-7-3-1-2-4-8-17)20-14-26-21(15-25-20)23-12-11-16-13-24-19-10-6-5-9-18(16)19/h5-6,9-10,13-15,17,24H,1-4,7-8,11-12H2,(H,23,26)(H,27,28). The molecule has 2 heterocycles. The van der Waals surface area contributed by atoms with E-state index in [0.717, 1.165) is 31.3 Å². The number of carbonyl (C=O) groups excluding carboxylic acids is 1. The minimum absolute atomic E-state index is 0.121. The zero-order chi connectivity index (χ0) is 19.2. The summed E-state index contributed by atoms with van der Waals surface area (Å²) in [4.78, 5) is 24.3. The zero-order valence-electron chi connectivity index (χ0n) is 16.1. The van der Waals surface area contributed by atoms with Gasteiger partial charge in [-0.3, -0.25) is 4.79 Å². The van der Waals surface area contributed by atoms with Gasteiger partial charge in [-0.05, 0) is 30.9 Å². The number of nitrogens with one attached hydrogen (secondary N) is 3. The van der Waals surface area contributed by atoms with Crippen LogP contribution in [0.4, 0.5) is 5.82 Å². The molecule has 0 atom stereocenters. The number of benzene rings is 1. The molecule has 1 aromatic carbocycles. The third-order valence-electron chi connectivity index (χ3n) is 5.45. The Morgan fingerprint density at radius 1 is 1.07 bits per heavy atom. The molecule has 3 aromatic rings. The molecule has 1 fully saturated rings. The van der Waals surface area contributed by atoms with Gasteiger partial charge in [-0.1, -0.05) is 43.9 Å². The molecule has 0 spiro atoms. The molecule has 1 amide bonds. The smallest absolute Gasteiger partial charge is 0.271 e. The Balaban J connectivity index is 1.28. The predicted molar refractivity (Wildman–Crippen MR) is 111 cm³/mol. The highest BCUT2D eigenvalue weighted by Crippen LogP contribution is 2.19. The Kier molecular flexibility index (Phi) is 5.85. The topological polar surface area (TPSA) is 82.7 Å². The van der Waals surface area contributed by atoms with Gasteiger partial charge in [0.2, 0.25) is 0 Å². The Labute approximate surface area is 165 Å². The maximum absolute atomic E-state index is 12.4. The van der Waals surface area contributed by atoms with Crippen LogP contribution >= 0.6 is 0 Å². The average molecular weight is 377 g/mol. The van der Waals surface area contributed by atoms with Crippen LogP contribution < -0.4 is 10.6 Å². The number of anilines is 1. The normalized spacial score (nSPS) is 15.3. The van der Waals surface area contributed by atoms with E-state index in [-0.39, 0.29) is 11.9 Å². The Bertz CT molecular complexity index is 910. The van der Waals surface area contributed by atoms with Crippen molar-refractivity contribution in [2.75, 3.05) is 11.9 Å². The third-order valence-corrected chi connectivity index (χ3v) is 5.45. The van der Waals surface area contributed by atoms with E-state index in [9.17, 15) is 4.79 Å². The van der Waals surface area contributed by atoms with Crippen LogP contribution in [0.15, 0.2) is 42.9 Å². The first-order chi connectivity index (χ1) is 13.8. The van der Waals surface area contributed by atoms with Crippen LogP contribution in [0, 0.1) is 0 Å². The molecule has 3 N–H and O–H groups in total. The number of amides is 1. The molecule has 28 heavy (non-hydrogen) atoms. The van der Waals surface area contributed by atoms with Gasteiger partial charge >= 0.3 is 0 Å². The molecule has 1 saturated carbocycles. The number of carbonyl (C=O) groups is 1. The van der Waals surface area contributed by atoms with E-state index >= 15 is 0 Å². The maximum atomic E-state index is 12.4. The lowest BCUT2D eigenvalue weighted by atomic mass is 10.1. The van der Waals surface area contributed by atoms with Crippen molar-refractivity contribution in [3.63, 3.8) is 0 Å². The quantitative estimate of drug-likeness (QED) is 0.566. The van der Waals surface area contributed by atoms with Gasteiger partial charge in [-0.2, -0.15) is 0 Å². The SMILES string of the molecule is O=C(NC1CCCCCC1)c1cnc(NCCc2c[nH]c3ccccc23)cn1. The fourth-order valence-electron chi connectivity index (χ4n) is 3.88. The van der Waals surface area contributed by atoms with E-state index in [1.165, 1.54) is 36.6 Å². The first-order valence-electron chi connectivity index (χ1n) is 10.2. The molecule has 4 rings (SSSR count). The summed E-state index contributed by atoms with van der Waals surface area (Å²) < 4.78 is 0. The second-order valence-corrected chi connectivity index (χ2v) is 7.49. The van der Waals surface area contributed by atoms with Gasteiger partial charge in [-0.15, -0.1) is 0 Å². The van der Waals surface area contributed by atoms with E-state index < -0.39 is 0 Å². The van der Waals surface area contributed by atoms with Crippen LogP contribution in [-0.4, -0.2) is 33.4 Å². The second-order valence-electron chi connectivity index (χ2n) is 7.49. The molecule has 1 aliphatic carbocycles. The van der Waals surface area contributed by atoms with Crippen molar-refractivity contribution in [3.05, 3.63) is 54.1 Å². The number of fused-ring (bicyclic) bond motifs is 1. The van der Waals surface area contributed by atoms with Gasteiger partial charge in [-0.25, -0.2) is 9.97 Å². The van der Waals surface area contributed by atoms with Crippen LogP contribution in [0.5, 0.6) is 0 Å². The van der Waals surface area contributed by atoms with Crippen LogP contribution in [0.2, 0.25) is 0 Å². The van der Waals surface area contributed by atoms with E-state index in [4.69, 9.17) is 0 Å². The Morgan fingerprint density at radius 3 is 2.68 bits per heavy atom. The van der Waals surface area contributed by atoms with Gasteiger partial charge in [0, 0.05) is 29.7 Å². The Hall–Kier alpha value is -2.89. The van der Waals surface area contributed by atoms with Crippen LogP contribution in [0.1, 0.15) is 54.6 Å². The fraction of sp³-hybridized carbons (Fsp3) is 0.409. The minimum atomic E-state index is -0.121. The third kappa shape index (κ3) is 4.50. The molecule has 146 valence electrons. The summed E-state index contributed by atoms with van der Waals surface area (Å²) in [7, 11) is 0. The van der Waals surface area contributed by atoms with Crippen LogP contribution in [0.25, 0.3) is 10.9 Å². The monoisotopic (exact) mass is 377 g/mol. The summed E-state index contributed by atoms with van der Waals surface area (Å²) in [5, 5.41) is 7.64. The van der Waals surface area contributed by atoms with Gasteiger partial charge in [0.1, 0.15) is 11.5 Å². The molecule has 0 saturated heterocycles. The number of nitrogens with zero attached hydrogens (tertiary/aromatic N) is 2. The highest BCUT2D eigenvalue weighted by atomic mass is 16.1. The van der Waals surface area contributed by atoms with Gasteiger partial charge in [0.25, 0.3) is 5.91 Å². The van der Waals surface area contributed by atoms with Crippen LogP contribution in [0.3, 0.4) is 0 Å².